The van der Waals surface area contributed by atoms with E-state index in [1.807, 2.05) is 31.2 Å². The fourth-order valence-corrected chi connectivity index (χ4v) is 2.55. The molecule has 5 nitrogen and oxygen atoms in total. The van der Waals surface area contributed by atoms with Crippen LogP contribution in [0, 0.1) is 0 Å². The number of carbonyl (C=O) groups is 1. The van der Waals surface area contributed by atoms with Gasteiger partial charge < -0.3 is 20.8 Å². The minimum Gasteiger partial charge on any atom is -0.478 e. The van der Waals surface area contributed by atoms with Crippen LogP contribution in [0.5, 0.6) is 0 Å². The van der Waals surface area contributed by atoms with Crippen LogP contribution in [0.1, 0.15) is 25.3 Å². The van der Waals surface area contributed by atoms with Crippen molar-refractivity contribution < 1.29 is 15.0 Å². The maximum atomic E-state index is 11.2. The van der Waals surface area contributed by atoms with Gasteiger partial charge >= 0.3 is 5.97 Å². The molecule has 1 aromatic rings. The van der Waals surface area contributed by atoms with Gasteiger partial charge in [-0.1, -0.05) is 12.1 Å². The molecule has 0 saturated carbocycles. The zero-order chi connectivity index (χ0) is 14.0. The summed E-state index contributed by atoms with van der Waals surface area (Å²) in [6.45, 7) is 2.49. The highest BCUT2D eigenvalue weighted by Gasteiger charge is 2.46. The molecule has 0 bridgehead atoms. The summed E-state index contributed by atoms with van der Waals surface area (Å²) in [6.07, 6.45) is 1.71. The van der Waals surface area contributed by atoms with Gasteiger partial charge in [0.05, 0.1) is 0 Å². The van der Waals surface area contributed by atoms with E-state index in [4.69, 9.17) is 10.8 Å². The fourth-order valence-electron chi connectivity index (χ4n) is 2.55. The number of carboxylic acid groups (broad SMARTS) is 1. The summed E-state index contributed by atoms with van der Waals surface area (Å²) in [6, 6.07) is 7.64. The lowest BCUT2D eigenvalue weighted by Crippen LogP contribution is -2.50. The normalized spacial score (nSPS) is 24.5. The van der Waals surface area contributed by atoms with Gasteiger partial charge in [0.2, 0.25) is 5.72 Å². The number of nitrogens with two attached hydrogens (primary N) is 1. The van der Waals surface area contributed by atoms with Gasteiger partial charge in [-0.05, 0) is 37.5 Å². The molecule has 0 unspecified atom stereocenters. The molecule has 1 aromatic carbocycles. The van der Waals surface area contributed by atoms with Crippen molar-refractivity contribution in [1.82, 2.24) is 0 Å². The second kappa shape index (κ2) is 5.19. The molecule has 1 aliphatic rings. The maximum absolute atomic E-state index is 11.2. The predicted molar refractivity (Wildman–Crippen MR) is 73.0 cm³/mol. The van der Waals surface area contributed by atoms with Crippen molar-refractivity contribution in [2.24, 2.45) is 5.73 Å². The van der Waals surface area contributed by atoms with Crippen LogP contribution < -0.4 is 10.6 Å². The zero-order valence-electron chi connectivity index (χ0n) is 11.0. The Hall–Kier alpha value is -1.59. The number of aliphatic carboxylic acids is 1. The quantitative estimate of drug-likeness (QED) is 0.753. The smallest absolute Gasteiger partial charge is 0.357 e. The first-order valence-corrected chi connectivity index (χ1v) is 6.51. The van der Waals surface area contributed by atoms with Gasteiger partial charge in [-0.25, -0.2) is 4.79 Å². The molecule has 4 N–H and O–H groups in total. The number of nitrogens with zero attached hydrogens (tertiary/aromatic N) is 1. The van der Waals surface area contributed by atoms with E-state index >= 15 is 0 Å². The highest BCUT2D eigenvalue weighted by atomic mass is 16.4. The Morgan fingerprint density at radius 1 is 1.47 bits per heavy atom. The van der Waals surface area contributed by atoms with Crippen molar-refractivity contribution in [1.29, 1.82) is 0 Å². The van der Waals surface area contributed by atoms with Crippen molar-refractivity contribution in [2.45, 2.75) is 38.0 Å². The van der Waals surface area contributed by atoms with Crippen LogP contribution in [0.25, 0.3) is 0 Å². The van der Waals surface area contributed by atoms with E-state index in [0.717, 1.165) is 17.7 Å². The minimum absolute atomic E-state index is 0.0913. The summed E-state index contributed by atoms with van der Waals surface area (Å²) >= 11 is 0. The summed E-state index contributed by atoms with van der Waals surface area (Å²) in [5.74, 6) is -1.19. The molecule has 1 aliphatic heterocycles. The molecule has 2 rings (SSSR count). The van der Waals surface area contributed by atoms with Crippen LogP contribution in [0.2, 0.25) is 0 Å². The monoisotopic (exact) mass is 264 g/mol. The number of carboxylic acids is 1. The van der Waals surface area contributed by atoms with Crippen LogP contribution in [0.4, 0.5) is 5.69 Å². The molecule has 0 spiro atoms. The van der Waals surface area contributed by atoms with Gasteiger partial charge in [-0.3, -0.25) is 0 Å². The first-order valence-electron chi connectivity index (χ1n) is 6.51. The van der Waals surface area contributed by atoms with E-state index in [0.29, 0.717) is 13.0 Å². The summed E-state index contributed by atoms with van der Waals surface area (Å²) < 4.78 is 0. The third-order valence-electron chi connectivity index (χ3n) is 3.50. The molecule has 1 heterocycles. The number of hydrogen-bond acceptors (Lipinski definition) is 4. The molecule has 19 heavy (non-hydrogen) atoms. The fraction of sp³-hybridized carbons (Fsp3) is 0.500. The van der Waals surface area contributed by atoms with Crippen LogP contribution in [-0.4, -0.2) is 34.5 Å². The SMILES string of the molecule is C[C@@H](N)Cc1ccc(N2CCC[C@@]2(O)C(=O)O)cc1. The molecule has 0 aromatic heterocycles. The molecular weight excluding hydrogens is 244 g/mol. The average molecular weight is 264 g/mol. The Bertz CT molecular complexity index is 458. The minimum atomic E-state index is -1.78. The molecule has 1 saturated heterocycles. The van der Waals surface area contributed by atoms with Crippen molar-refractivity contribution in [3.63, 3.8) is 0 Å². The van der Waals surface area contributed by atoms with Crippen molar-refractivity contribution in [3.8, 4) is 0 Å². The molecule has 1 fully saturated rings. The second-order valence-corrected chi connectivity index (χ2v) is 5.22. The van der Waals surface area contributed by atoms with Crippen LogP contribution in [-0.2, 0) is 11.2 Å². The first kappa shape index (κ1) is 13.8. The third-order valence-corrected chi connectivity index (χ3v) is 3.50. The van der Waals surface area contributed by atoms with Gasteiger partial charge in [0, 0.05) is 24.7 Å². The van der Waals surface area contributed by atoms with Gasteiger partial charge in [-0.15, -0.1) is 0 Å². The van der Waals surface area contributed by atoms with E-state index in [9.17, 15) is 9.90 Å². The topological polar surface area (TPSA) is 86.8 Å². The van der Waals surface area contributed by atoms with Crippen molar-refractivity contribution in [3.05, 3.63) is 29.8 Å². The summed E-state index contributed by atoms with van der Waals surface area (Å²) in [5, 5.41) is 19.4. The summed E-state index contributed by atoms with van der Waals surface area (Å²) in [5.41, 5.74) is 5.80. The predicted octanol–water partition coefficient (Wildman–Crippen LogP) is 0.950. The van der Waals surface area contributed by atoms with Crippen LogP contribution in [0.3, 0.4) is 0 Å². The number of hydrogen-bond donors (Lipinski definition) is 3. The first-order chi connectivity index (χ1) is 8.93. The van der Waals surface area contributed by atoms with Crippen LogP contribution >= 0.6 is 0 Å². The summed E-state index contributed by atoms with van der Waals surface area (Å²) in [4.78, 5) is 12.8. The molecule has 0 amide bonds. The van der Waals surface area contributed by atoms with E-state index in [1.165, 1.54) is 0 Å². The highest BCUT2D eigenvalue weighted by Crippen LogP contribution is 2.32. The van der Waals surface area contributed by atoms with Gasteiger partial charge in [0.25, 0.3) is 0 Å². The Kier molecular flexibility index (Phi) is 3.78. The molecular formula is C14H20N2O3. The maximum Gasteiger partial charge on any atom is 0.357 e. The van der Waals surface area contributed by atoms with Crippen molar-refractivity contribution >= 4 is 11.7 Å². The molecule has 2 atom stereocenters. The lowest BCUT2D eigenvalue weighted by molar-refractivity contribution is -0.157. The van der Waals surface area contributed by atoms with E-state index in [2.05, 4.69) is 0 Å². The number of benzene rings is 1. The molecule has 104 valence electrons. The Labute approximate surface area is 112 Å². The Balaban J connectivity index is 2.20. The second-order valence-electron chi connectivity index (χ2n) is 5.22. The zero-order valence-corrected chi connectivity index (χ0v) is 11.0. The number of rotatable bonds is 4. The Morgan fingerprint density at radius 3 is 2.63 bits per heavy atom. The third kappa shape index (κ3) is 2.72. The van der Waals surface area contributed by atoms with E-state index in [1.54, 1.807) is 4.90 Å². The average Bonchev–Trinajstić information content (AvgIpc) is 2.73. The Morgan fingerprint density at radius 2 is 2.11 bits per heavy atom. The lowest BCUT2D eigenvalue weighted by atomic mass is 10.1. The standard InChI is InChI=1S/C14H20N2O3/c1-10(15)9-11-3-5-12(6-4-11)16-8-2-7-14(16,19)13(17)18/h3-6,10,19H,2,7-9,15H2,1H3,(H,17,18)/t10-,14-/m1/s1. The molecule has 0 aliphatic carbocycles. The largest absolute Gasteiger partial charge is 0.478 e. The van der Waals surface area contributed by atoms with Gasteiger partial charge in [0.1, 0.15) is 0 Å². The molecule has 0 radical (unpaired) electrons. The molecule has 5 heteroatoms. The number of aliphatic hydroxyl groups is 1. The highest BCUT2D eigenvalue weighted by molar-refractivity contribution is 5.82. The summed E-state index contributed by atoms with van der Waals surface area (Å²) in [7, 11) is 0. The van der Waals surface area contributed by atoms with Crippen molar-refractivity contribution in [2.75, 3.05) is 11.4 Å². The van der Waals surface area contributed by atoms with Crippen LogP contribution in [0.15, 0.2) is 24.3 Å². The van der Waals surface area contributed by atoms with E-state index < -0.39 is 11.7 Å². The lowest BCUT2D eigenvalue weighted by Gasteiger charge is -2.31. The van der Waals surface area contributed by atoms with Gasteiger partial charge in [0.15, 0.2) is 0 Å². The van der Waals surface area contributed by atoms with Gasteiger partial charge in [-0.2, -0.15) is 0 Å². The van der Waals surface area contributed by atoms with E-state index in [-0.39, 0.29) is 12.5 Å². The number of anilines is 1.